The van der Waals surface area contributed by atoms with E-state index in [0.29, 0.717) is 0 Å². The highest BCUT2D eigenvalue weighted by Crippen LogP contribution is 2.29. The number of thioether (sulfide) groups is 1. The van der Waals surface area contributed by atoms with Gasteiger partial charge in [-0.25, -0.2) is 4.98 Å². The molecule has 0 amide bonds. The van der Waals surface area contributed by atoms with Crippen molar-refractivity contribution in [3.8, 4) is 5.75 Å². The fourth-order valence-corrected chi connectivity index (χ4v) is 3.68. The zero-order chi connectivity index (χ0) is 15.4. The molecule has 5 heteroatoms. The Kier molecular flexibility index (Phi) is 5.18. The third kappa shape index (κ3) is 3.54. The van der Waals surface area contributed by atoms with Gasteiger partial charge in [0.1, 0.15) is 11.3 Å². The van der Waals surface area contributed by atoms with Gasteiger partial charge < -0.3 is 9.47 Å². The van der Waals surface area contributed by atoms with Gasteiger partial charge in [-0.05, 0) is 24.6 Å². The van der Waals surface area contributed by atoms with Crippen LogP contribution in [-0.4, -0.2) is 55.6 Å². The number of methoxy groups -OCH3 is 1. The number of aryl methyl sites for hydroxylation is 1. The Hall–Kier alpha value is -1.30. The maximum absolute atomic E-state index is 5.44. The van der Waals surface area contributed by atoms with Crippen LogP contribution in [-0.2, 0) is 4.74 Å². The van der Waals surface area contributed by atoms with Crippen LogP contribution >= 0.6 is 11.8 Å². The molecule has 0 spiro atoms. The summed E-state index contributed by atoms with van der Waals surface area (Å²) in [5, 5.41) is 2.24. The number of rotatable bonds is 5. The normalized spacial score (nSPS) is 16.1. The Balaban J connectivity index is 1.71. The minimum Gasteiger partial charge on any atom is -0.494 e. The molecule has 4 nitrogen and oxygen atoms in total. The molecule has 22 heavy (non-hydrogen) atoms. The molecule has 0 atom stereocenters. The summed E-state index contributed by atoms with van der Waals surface area (Å²) in [6.07, 6.45) is 0. The van der Waals surface area contributed by atoms with E-state index >= 15 is 0 Å². The summed E-state index contributed by atoms with van der Waals surface area (Å²) in [6, 6.07) is 8.26. The van der Waals surface area contributed by atoms with Gasteiger partial charge in [-0.2, -0.15) is 0 Å². The van der Waals surface area contributed by atoms with E-state index in [1.165, 1.54) is 5.56 Å². The molecule has 0 radical (unpaired) electrons. The van der Waals surface area contributed by atoms with Crippen LogP contribution in [0.5, 0.6) is 5.75 Å². The van der Waals surface area contributed by atoms with Crippen molar-refractivity contribution in [2.24, 2.45) is 0 Å². The molecule has 0 aliphatic carbocycles. The zero-order valence-corrected chi connectivity index (χ0v) is 14.0. The largest absolute Gasteiger partial charge is 0.494 e. The average molecular weight is 318 g/mol. The monoisotopic (exact) mass is 318 g/mol. The Morgan fingerprint density at radius 3 is 2.91 bits per heavy atom. The van der Waals surface area contributed by atoms with Gasteiger partial charge in [0.25, 0.3) is 0 Å². The van der Waals surface area contributed by atoms with E-state index < -0.39 is 0 Å². The van der Waals surface area contributed by atoms with Crippen LogP contribution < -0.4 is 4.74 Å². The Labute approximate surface area is 135 Å². The molecule has 1 saturated heterocycles. The first-order chi connectivity index (χ1) is 10.8. The lowest BCUT2D eigenvalue weighted by Gasteiger charge is -2.26. The first-order valence-electron chi connectivity index (χ1n) is 7.65. The topological polar surface area (TPSA) is 34.6 Å². The van der Waals surface area contributed by atoms with Crippen molar-refractivity contribution in [3.05, 3.63) is 29.8 Å². The lowest BCUT2D eigenvalue weighted by Crippen LogP contribution is -2.37. The molecule has 1 fully saturated rings. The van der Waals surface area contributed by atoms with Gasteiger partial charge in [-0.3, -0.25) is 4.90 Å². The molecular formula is C17H22N2O2S. The SMILES string of the molecule is COc1cccc2c(C)cc(SCCN3CCOCC3)nc12. The quantitative estimate of drug-likeness (QED) is 0.792. The summed E-state index contributed by atoms with van der Waals surface area (Å²) in [7, 11) is 1.70. The van der Waals surface area contributed by atoms with E-state index in [9.17, 15) is 0 Å². The number of para-hydroxylation sites is 1. The van der Waals surface area contributed by atoms with E-state index in [4.69, 9.17) is 14.5 Å². The summed E-state index contributed by atoms with van der Waals surface area (Å²) in [5.41, 5.74) is 2.21. The number of fused-ring (bicyclic) bond motifs is 1. The van der Waals surface area contributed by atoms with Crippen molar-refractivity contribution in [1.29, 1.82) is 0 Å². The lowest BCUT2D eigenvalue weighted by molar-refractivity contribution is 0.0410. The van der Waals surface area contributed by atoms with Gasteiger partial charge in [-0.1, -0.05) is 12.1 Å². The Morgan fingerprint density at radius 2 is 2.14 bits per heavy atom. The third-order valence-corrected chi connectivity index (χ3v) is 4.86. The van der Waals surface area contributed by atoms with Crippen molar-refractivity contribution < 1.29 is 9.47 Å². The van der Waals surface area contributed by atoms with E-state index in [1.54, 1.807) is 7.11 Å². The smallest absolute Gasteiger partial charge is 0.145 e. The predicted octanol–water partition coefficient (Wildman–Crippen LogP) is 2.98. The van der Waals surface area contributed by atoms with Crippen LogP contribution in [0.2, 0.25) is 0 Å². The summed E-state index contributed by atoms with van der Waals surface area (Å²) >= 11 is 1.81. The van der Waals surface area contributed by atoms with Crippen LogP contribution in [0.1, 0.15) is 5.56 Å². The van der Waals surface area contributed by atoms with Gasteiger partial charge in [0.2, 0.25) is 0 Å². The van der Waals surface area contributed by atoms with Crippen LogP contribution in [0.3, 0.4) is 0 Å². The number of aromatic nitrogens is 1. The highest BCUT2D eigenvalue weighted by molar-refractivity contribution is 7.99. The molecule has 1 aliphatic rings. The number of ether oxygens (including phenoxy) is 2. The summed E-state index contributed by atoms with van der Waals surface area (Å²) in [4.78, 5) is 7.23. The molecule has 0 bridgehead atoms. The van der Waals surface area contributed by atoms with Gasteiger partial charge in [0.05, 0.1) is 25.3 Å². The van der Waals surface area contributed by atoms with Crippen molar-refractivity contribution in [2.45, 2.75) is 11.9 Å². The lowest BCUT2D eigenvalue weighted by atomic mass is 10.1. The number of hydrogen-bond acceptors (Lipinski definition) is 5. The minimum atomic E-state index is 0.844. The average Bonchev–Trinajstić information content (AvgIpc) is 2.55. The van der Waals surface area contributed by atoms with E-state index in [-0.39, 0.29) is 0 Å². The highest BCUT2D eigenvalue weighted by Gasteiger charge is 2.11. The number of benzene rings is 1. The maximum atomic E-state index is 5.44. The fourth-order valence-electron chi connectivity index (χ4n) is 2.70. The van der Waals surface area contributed by atoms with Crippen molar-refractivity contribution >= 4 is 22.7 Å². The number of pyridine rings is 1. The highest BCUT2D eigenvalue weighted by atomic mass is 32.2. The fraction of sp³-hybridized carbons (Fsp3) is 0.471. The molecule has 0 unspecified atom stereocenters. The van der Waals surface area contributed by atoms with E-state index in [0.717, 1.165) is 60.3 Å². The molecule has 3 rings (SSSR count). The van der Waals surface area contributed by atoms with E-state index in [1.807, 2.05) is 23.9 Å². The Morgan fingerprint density at radius 1 is 1.32 bits per heavy atom. The first-order valence-corrected chi connectivity index (χ1v) is 8.64. The molecule has 0 saturated carbocycles. The standard InChI is InChI=1S/C17H22N2O2S/c1-13-12-16(22-11-8-19-6-9-21-10-7-19)18-17-14(13)4-3-5-15(17)20-2/h3-5,12H,6-11H2,1-2H3. The molecule has 1 aliphatic heterocycles. The molecule has 1 aromatic carbocycles. The van der Waals surface area contributed by atoms with Gasteiger partial charge in [0.15, 0.2) is 0 Å². The molecule has 2 aromatic rings. The van der Waals surface area contributed by atoms with Crippen molar-refractivity contribution in [1.82, 2.24) is 9.88 Å². The Bertz CT molecular complexity index is 642. The van der Waals surface area contributed by atoms with Crippen molar-refractivity contribution in [2.75, 3.05) is 45.7 Å². The minimum absolute atomic E-state index is 0.844. The van der Waals surface area contributed by atoms with Crippen LogP contribution in [0, 0.1) is 6.92 Å². The predicted molar refractivity (Wildman–Crippen MR) is 91.0 cm³/mol. The van der Waals surface area contributed by atoms with Crippen molar-refractivity contribution in [3.63, 3.8) is 0 Å². The molecule has 118 valence electrons. The van der Waals surface area contributed by atoms with Crippen LogP contribution in [0.15, 0.2) is 29.3 Å². The molecular weight excluding hydrogens is 296 g/mol. The zero-order valence-electron chi connectivity index (χ0n) is 13.2. The van der Waals surface area contributed by atoms with Gasteiger partial charge in [-0.15, -0.1) is 11.8 Å². The van der Waals surface area contributed by atoms with Crippen LogP contribution in [0.25, 0.3) is 10.9 Å². The summed E-state index contributed by atoms with van der Waals surface area (Å²) in [6.45, 7) is 7.01. The second-order valence-electron chi connectivity index (χ2n) is 5.44. The second kappa shape index (κ2) is 7.31. The van der Waals surface area contributed by atoms with Crippen LogP contribution in [0.4, 0.5) is 0 Å². The first kappa shape index (κ1) is 15.6. The maximum Gasteiger partial charge on any atom is 0.145 e. The molecule has 0 N–H and O–H groups in total. The number of hydrogen-bond donors (Lipinski definition) is 0. The van der Waals surface area contributed by atoms with Gasteiger partial charge in [0, 0.05) is 30.8 Å². The third-order valence-electron chi connectivity index (χ3n) is 3.97. The second-order valence-corrected chi connectivity index (χ2v) is 6.55. The van der Waals surface area contributed by atoms with Gasteiger partial charge >= 0.3 is 0 Å². The summed E-state index contributed by atoms with van der Waals surface area (Å²) < 4.78 is 10.8. The van der Waals surface area contributed by atoms with E-state index in [2.05, 4.69) is 24.0 Å². The molecule has 2 heterocycles. The summed E-state index contributed by atoms with van der Waals surface area (Å²) in [5.74, 6) is 1.89. The number of nitrogens with zero attached hydrogens (tertiary/aromatic N) is 2. The molecule has 1 aromatic heterocycles. The number of morpholine rings is 1.